The number of fused-ring (bicyclic) bond motifs is 1. The van der Waals surface area contributed by atoms with E-state index < -0.39 is 0 Å². The van der Waals surface area contributed by atoms with Gasteiger partial charge >= 0.3 is 0 Å². The smallest absolute Gasteiger partial charge is 0.0496 e. The fourth-order valence-electron chi connectivity index (χ4n) is 4.84. The number of nitrogens with two attached hydrogens (primary N) is 1. The Bertz CT molecular complexity index is 468. The van der Waals surface area contributed by atoms with Crippen LogP contribution in [0.5, 0.6) is 0 Å². The molecule has 4 rings (SSSR count). The normalized spacial score (nSPS) is 34.1. The third-order valence-corrected chi connectivity index (χ3v) is 6.16. The zero-order valence-electron chi connectivity index (χ0n) is 12.2. The molecule has 1 aromatic rings. The van der Waals surface area contributed by atoms with Gasteiger partial charge in [-0.1, -0.05) is 43.5 Å². The molecule has 3 aliphatic rings. The van der Waals surface area contributed by atoms with Gasteiger partial charge < -0.3 is 0 Å². The van der Waals surface area contributed by atoms with Gasteiger partial charge in [-0.2, -0.15) is 0 Å². The highest BCUT2D eigenvalue weighted by molar-refractivity contribution is 5.36. The van der Waals surface area contributed by atoms with Crippen LogP contribution in [0.15, 0.2) is 24.3 Å². The molecule has 108 valence electrons. The Labute approximate surface area is 122 Å². The summed E-state index contributed by atoms with van der Waals surface area (Å²) in [7, 11) is 0. The Kier molecular flexibility index (Phi) is 3.31. The minimum absolute atomic E-state index is 0.389. The molecule has 2 nitrogen and oxygen atoms in total. The topological polar surface area (TPSA) is 38.0 Å². The minimum Gasteiger partial charge on any atom is -0.271 e. The second kappa shape index (κ2) is 5.16. The average Bonchev–Trinajstić information content (AvgIpc) is 3.14. The molecule has 0 heterocycles. The van der Waals surface area contributed by atoms with E-state index in [-0.39, 0.29) is 0 Å². The number of benzene rings is 1. The van der Waals surface area contributed by atoms with E-state index in [0.29, 0.717) is 6.04 Å². The molecule has 3 saturated carbocycles. The standard InChI is InChI=1S/C18H26N2/c19-20-18(17-14-9-2-3-10-15(14)17)16-11-4-1-8-13(16)12-6-5-7-12/h1,4,8,11-12,14-15,17-18,20H,2-3,5-7,9-10,19H2. The van der Waals surface area contributed by atoms with Crippen molar-refractivity contribution in [2.24, 2.45) is 23.6 Å². The van der Waals surface area contributed by atoms with Crippen molar-refractivity contribution in [2.75, 3.05) is 0 Å². The predicted octanol–water partition coefficient (Wildman–Crippen LogP) is 3.89. The molecular formula is C18H26N2. The van der Waals surface area contributed by atoms with E-state index in [2.05, 4.69) is 29.7 Å². The summed E-state index contributed by atoms with van der Waals surface area (Å²) in [5.41, 5.74) is 6.25. The van der Waals surface area contributed by atoms with E-state index in [9.17, 15) is 0 Å². The van der Waals surface area contributed by atoms with Gasteiger partial charge in [0, 0.05) is 6.04 Å². The maximum Gasteiger partial charge on any atom is 0.0496 e. The van der Waals surface area contributed by atoms with E-state index in [1.165, 1.54) is 50.5 Å². The van der Waals surface area contributed by atoms with Crippen LogP contribution in [0.3, 0.4) is 0 Å². The zero-order chi connectivity index (χ0) is 13.5. The summed E-state index contributed by atoms with van der Waals surface area (Å²) < 4.78 is 0. The lowest BCUT2D eigenvalue weighted by molar-refractivity contribution is 0.400. The fraction of sp³-hybridized carbons (Fsp3) is 0.667. The van der Waals surface area contributed by atoms with Gasteiger partial charge in [0.05, 0.1) is 0 Å². The van der Waals surface area contributed by atoms with Crippen LogP contribution >= 0.6 is 0 Å². The van der Waals surface area contributed by atoms with Crippen LogP contribution in [0.25, 0.3) is 0 Å². The minimum atomic E-state index is 0.389. The molecule has 0 amide bonds. The van der Waals surface area contributed by atoms with Crippen LogP contribution in [-0.2, 0) is 0 Å². The average molecular weight is 270 g/mol. The molecule has 0 radical (unpaired) electrons. The van der Waals surface area contributed by atoms with Crippen LogP contribution in [0.1, 0.15) is 68.0 Å². The molecule has 1 aromatic carbocycles. The summed E-state index contributed by atoms with van der Waals surface area (Å²) in [4.78, 5) is 0. The molecule has 3 fully saturated rings. The second-order valence-electron chi connectivity index (χ2n) is 7.09. The molecule has 0 aromatic heterocycles. The second-order valence-corrected chi connectivity index (χ2v) is 7.09. The highest BCUT2D eigenvalue weighted by atomic mass is 15.2. The van der Waals surface area contributed by atoms with E-state index >= 15 is 0 Å². The molecule has 2 heteroatoms. The van der Waals surface area contributed by atoms with E-state index in [1.54, 1.807) is 5.56 Å². The number of hydrogen-bond donors (Lipinski definition) is 2. The van der Waals surface area contributed by atoms with Gasteiger partial charge in [0.1, 0.15) is 0 Å². The van der Waals surface area contributed by atoms with Crippen molar-refractivity contribution in [3.63, 3.8) is 0 Å². The summed E-state index contributed by atoms with van der Waals surface area (Å²) in [6.07, 6.45) is 9.85. The number of hydrogen-bond acceptors (Lipinski definition) is 2. The van der Waals surface area contributed by atoms with Gasteiger partial charge in [0.25, 0.3) is 0 Å². The van der Waals surface area contributed by atoms with E-state index in [4.69, 9.17) is 5.84 Å². The Balaban J connectivity index is 1.61. The predicted molar refractivity (Wildman–Crippen MR) is 82.0 cm³/mol. The van der Waals surface area contributed by atoms with Crippen LogP contribution in [0, 0.1) is 17.8 Å². The Hall–Kier alpha value is -0.860. The first-order valence-corrected chi connectivity index (χ1v) is 8.45. The van der Waals surface area contributed by atoms with Gasteiger partial charge in [-0.3, -0.25) is 11.3 Å². The first kappa shape index (κ1) is 12.8. The number of nitrogens with one attached hydrogen (secondary N) is 1. The molecule has 0 bridgehead atoms. The highest BCUT2D eigenvalue weighted by Crippen LogP contribution is 2.60. The molecule has 3 unspecified atom stereocenters. The van der Waals surface area contributed by atoms with Gasteiger partial charge in [0.2, 0.25) is 0 Å². The van der Waals surface area contributed by atoms with Crippen molar-refractivity contribution >= 4 is 0 Å². The molecule has 0 spiro atoms. The summed E-state index contributed by atoms with van der Waals surface area (Å²) in [6.45, 7) is 0. The van der Waals surface area contributed by atoms with Crippen molar-refractivity contribution in [1.82, 2.24) is 5.43 Å². The molecule has 3 aliphatic carbocycles. The Morgan fingerprint density at radius 2 is 1.65 bits per heavy atom. The number of rotatable bonds is 4. The monoisotopic (exact) mass is 270 g/mol. The van der Waals surface area contributed by atoms with Crippen LogP contribution in [0.4, 0.5) is 0 Å². The zero-order valence-corrected chi connectivity index (χ0v) is 12.2. The van der Waals surface area contributed by atoms with Crippen molar-refractivity contribution in [2.45, 2.75) is 56.9 Å². The lowest BCUT2D eigenvalue weighted by Crippen LogP contribution is -2.31. The van der Waals surface area contributed by atoms with Gasteiger partial charge in [-0.25, -0.2) is 0 Å². The molecule has 20 heavy (non-hydrogen) atoms. The van der Waals surface area contributed by atoms with Crippen LogP contribution in [-0.4, -0.2) is 0 Å². The maximum atomic E-state index is 5.98. The largest absolute Gasteiger partial charge is 0.271 e. The SMILES string of the molecule is NNC(c1ccccc1C1CCC1)C1C2CCCCC21. The molecular weight excluding hydrogens is 244 g/mol. The Morgan fingerprint density at radius 3 is 2.25 bits per heavy atom. The summed E-state index contributed by atoms with van der Waals surface area (Å²) >= 11 is 0. The molecule has 3 atom stereocenters. The summed E-state index contributed by atoms with van der Waals surface area (Å²) in [6, 6.07) is 9.44. The summed E-state index contributed by atoms with van der Waals surface area (Å²) in [5.74, 6) is 9.46. The Morgan fingerprint density at radius 1 is 0.950 bits per heavy atom. The third-order valence-electron chi connectivity index (χ3n) is 6.16. The van der Waals surface area contributed by atoms with Crippen molar-refractivity contribution < 1.29 is 0 Å². The first-order valence-electron chi connectivity index (χ1n) is 8.45. The van der Waals surface area contributed by atoms with Crippen molar-refractivity contribution in [3.05, 3.63) is 35.4 Å². The van der Waals surface area contributed by atoms with Crippen LogP contribution < -0.4 is 11.3 Å². The summed E-state index contributed by atoms with van der Waals surface area (Å²) in [5, 5.41) is 0. The number of hydrazine groups is 1. The fourth-order valence-corrected chi connectivity index (χ4v) is 4.84. The lowest BCUT2D eigenvalue weighted by Gasteiger charge is -2.30. The van der Waals surface area contributed by atoms with Gasteiger partial charge in [-0.05, 0) is 60.5 Å². The lowest BCUT2D eigenvalue weighted by atomic mass is 9.76. The van der Waals surface area contributed by atoms with E-state index in [1.807, 2.05) is 0 Å². The van der Waals surface area contributed by atoms with E-state index in [0.717, 1.165) is 23.7 Å². The maximum absolute atomic E-state index is 5.98. The van der Waals surface area contributed by atoms with Gasteiger partial charge in [-0.15, -0.1) is 0 Å². The first-order chi connectivity index (χ1) is 9.90. The van der Waals surface area contributed by atoms with Crippen molar-refractivity contribution in [3.8, 4) is 0 Å². The molecule has 0 saturated heterocycles. The quantitative estimate of drug-likeness (QED) is 0.643. The highest BCUT2D eigenvalue weighted by Gasteiger charge is 2.54. The molecule has 3 N–H and O–H groups in total. The van der Waals surface area contributed by atoms with Gasteiger partial charge in [0.15, 0.2) is 0 Å². The molecule has 0 aliphatic heterocycles. The van der Waals surface area contributed by atoms with Crippen LogP contribution in [0.2, 0.25) is 0 Å². The third kappa shape index (κ3) is 2.01. The van der Waals surface area contributed by atoms with Crippen molar-refractivity contribution in [1.29, 1.82) is 0 Å².